The lowest BCUT2D eigenvalue weighted by atomic mass is 10.0. The number of imidazole rings is 1. The Morgan fingerprint density at radius 1 is 1.32 bits per heavy atom. The van der Waals surface area contributed by atoms with Crippen molar-refractivity contribution >= 4 is 0 Å². The summed E-state index contributed by atoms with van der Waals surface area (Å²) in [7, 11) is 0. The van der Waals surface area contributed by atoms with E-state index < -0.39 is 0 Å². The Balaban J connectivity index is 1.48. The van der Waals surface area contributed by atoms with Gasteiger partial charge in [0.2, 0.25) is 0 Å². The smallest absolute Gasteiger partial charge is 0.0925 e. The predicted octanol–water partition coefficient (Wildman–Crippen LogP) is 0.450. The Bertz CT molecular complexity index is 406. The van der Waals surface area contributed by atoms with Crippen LogP contribution in [-0.2, 0) is 13.0 Å². The first kappa shape index (κ1) is 13.1. The molecule has 1 atom stereocenters. The molecule has 1 saturated heterocycles. The summed E-state index contributed by atoms with van der Waals surface area (Å²) in [6, 6.07) is 1.24. The van der Waals surface area contributed by atoms with Crippen LogP contribution in [0.3, 0.4) is 0 Å². The molecular formula is C14H25N5. The van der Waals surface area contributed by atoms with Gasteiger partial charge in [-0.25, -0.2) is 4.98 Å². The van der Waals surface area contributed by atoms with Gasteiger partial charge in [-0.15, -0.1) is 0 Å². The van der Waals surface area contributed by atoms with E-state index in [9.17, 15) is 0 Å². The maximum atomic E-state index is 4.41. The molecule has 0 amide bonds. The summed E-state index contributed by atoms with van der Waals surface area (Å²) in [5.74, 6) is 0. The van der Waals surface area contributed by atoms with Crippen molar-refractivity contribution in [3.63, 3.8) is 0 Å². The summed E-state index contributed by atoms with van der Waals surface area (Å²) < 4.78 is 0. The number of fused-ring (bicyclic) bond motifs is 1. The van der Waals surface area contributed by atoms with E-state index in [0.717, 1.165) is 19.5 Å². The van der Waals surface area contributed by atoms with Gasteiger partial charge in [0.25, 0.3) is 0 Å². The van der Waals surface area contributed by atoms with E-state index in [0.29, 0.717) is 12.1 Å². The molecule has 1 unspecified atom stereocenters. The van der Waals surface area contributed by atoms with Crippen molar-refractivity contribution in [3.05, 3.63) is 17.7 Å². The minimum atomic E-state index is 0.557. The van der Waals surface area contributed by atoms with Crippen molar-refractivity contribution in [2.24, 2.45) is 0 Å². The van der Waals surface area contributed by atoms with Gasteiger partial charge in [-0.2, -0.15) is 0 Å². The molecule has 0 saturated carbocycles. The molecule has 2 aliphatic rings. The van der Waals surface area contributed by atoms with Gasteiger partial charge in [0, 0.05) is 57.8 Å². The lowest BCUT2D eigenvalue weighted by Crippen LogP contribution is -2.53. The van der Waals surface area contributed by atoms with Crippen LogP contribution in [-0.4, -0.2) is 64.6 Å². The zero-order valence-electron chi connectivity index (χ0n) is 12.0. The molecule has 5 heteroatoms. The molecule has 3 rings (SSSR count). The molecule has 106 valence electrons. The van der Waals surface area contributed by atoms with E-state index in [4.69, 9.17) is 0 Å². The van der Waals surface area contributed by atoms with Crippen molar-refractivity contribution in [1.29, 1.82) is 0 Å². The fourth-order valence-electron chi connectivity index (χ4n) is 3.13. The molecule has 0 aliphatic carbocycles. The molecule has 1 fully saturated rings. The number of rotatable bonds is 3. The monoisotopic (exact) mass is 263 g/mol. The van der Waals surface area contributed by atoms with Crippen molar-refractivity contribution in [2.75, 3.05) is 32.7 Å². The van der Waals surface area contributed by atoms with Gasteiger partial charge in [0.1, 0.15) is 0 Å². The van der Waals surface area contributed by atoms with Crippen LogP contribution in [0.1, 0.15) is 25.2 Å². The van der Waals surface area contributed by atoms with Crippen LogP contribution in [0, 0.1) is 0 Å². The first-order valence-electron chi connectivity index (χ1n) is 7.43. The lowest BCUT2D eigenvalue weighted by Gasteiger charge is -2.38. The van der Waals surface area contributed by atoms with Crippen LogP contribution in [0.2, 0.25) is 0 Å². The van der Waals surface area contributed by atoms with Gasteiger partial charge in [-0.05, 0) is 13.8 Å². The van der Waals surface area contributed by atoms with Crippen molar-refractivity contribution in [2.45, 2.75) is 38.9 Å². The van der Waals surface area contributed by atoms with Gasteiger partial charge < -0.3 is 10.3 Å². The van der Waals surface area contributed by atoms with Crippen LogP contribution in [0.25, 0.3) is 0 Å². The first-order valence-corrected chi connectivity index (χ1v) is 7.43. The number of nitrogens with one attached hydrogen (secondary N) is 2. The number of nitrogens with zero attached hydrogens (tertiary/aromatic N) is 3. The molecule has 0 radical (unpaired) electrons. The molecule has 3 heterocycles. The molecule has 2 N–H and O–H groups in total. The largest absolute Gasteiger partial charge is 0.347 e. The Morgan fingerprint density at radius 3 is 2.84 bits per heavy atom. The van der Waals surface area contributed by atoms with E-state index in [1.54, 1.807) is 0 Å². The molecule has 0 bridgehead atoms. The number of H-pyrrole nitrogens is 1. The molecule has 0 spiro atoms. The average Bonchev–Trinajstić information content (AvgIpc) is 2.87. The van der Waals surface area contributed by atoms with Gasteiger partial charge >= 0.3 is 0 Å². The highest BCUT2D eigenvalue weighted by molar-refractivity contribution is 5.16. The molecule has 2 aliphatic heterocycles. The maximum absolute atomic E-state index is 4.41. The quantitative estimate of drug-likeness (QED) is 0.831. The second-order valence-electron chi connectivity index (χ2n) is 6.04. The Morgan fingerprint density at radius 2 is 2.11 bits per heavy atom. The van der Waals surface area contributed by atoms with E-state index >= 15 is 0 Å². The Hall–Kier alpha value is -0.910. The van der Waals surface area contributed by atoms with E-state index in [1.165, 1.54) is 37.6 Å². The lowest BCUT2D eigenvalue weighted by molar-refractivity contribution is 0.1000. The van der Waals surface area contributed by atoms with E-state index in [2.05, 4.69) is 38.9 Å². The second-order valence-corrected chi connectivity index (χ2v) is 6.04. The van der Waals surface area contributed by atoms with Crippen LogP contribution in [0.4, 0.5) is 0 Å². The number of piperazine rings is 1. The maximum Gasteiger partial charge on any atom is 0.0925 e. The highest BCUT2D eigenvalue weighted by atomic mass is 15.3. The van der Waals surface area contributed by atoms with Gasteiger partial charge in [-0.1, -0.05) is 0 Å². The second kappa shape index (κ2) is 5.61. The minimum Gasteiger partial charge on any atom is -0.347 e. The number of aromatic amines is 1. The number of hydrogen-bond donors (Lipinski definition) is 2. The van der Waals surface area contributed by atoms with Gasteiger partial charge in [0.05, 0.1) is 17.7 Å². The SMILES string of the molecule is CC(C)N1CCN(CC2Cc3nc[nH]c3CN2)CC1. The Kier molecular flexibility index (Phi) is 3.86. The third-order valence-electron chi connectivity index (χ3n) is 4.43. The molecule has 0 aromatic carbocycles. The summed E-state index contributed by atoms with van der Waals surface area (Å²) in [4.78, 5) is 12.8. The summed E-state index contributed by atoms with van der Waals surface area (Å²) in [5, 5.41) is 3.62. The summed E-state index contributed by atoms with van der Waals surface area (Å²) in [5.41, 5.74) is 2.52. The van der Waals surface area contributed by atoms with Crippen molar-refractivity contribution in [3.8, 4) is 0 Å². The molecule has 1 aromatic heterocycles. The van der Waals surface area contributed by atoms with Crippen molar-refractivity contribution < 1.29 is 0 Å². The summed E-state index contributed by atoms with van der Waals surface area (Å²) >= 11 is 0. The molecular weight excluding hydrogens is 238 g/mol. The van der Waals surface area contributed by atoms with E-state index in [-0.39, 0.29) is 0 Å². The standard InChI is InChI=1S/C14H25N5/c1-11(2)19-5-3-18(4-6-19)9-12-7-13-14(8-15-12)17-10-16-13/h10-12,15H,3-9H2,1-2H3,(H,16,17). The fourth-order valence-corrected chi connectivity index (χ4v) is 3.13. The average molecular weight is 263 g/mol. The van der Waals surface area contributed by atoms with Gasteiger partial charge in [-0.3, -0.25) is 9.80 Å². The van der Waals surface area contributed by atoms with Crippen molar-refractivity contribution in [1.82, 2.24) is 25.1 Å². The number of hydrogen-bond acceptors (Lipinski definition) is 4. The zero-order valence-corrected chi connectivity index (χ0v) is 12.0. The highest BCUT2D eigenvalue weighted by Crippen LogP contribution is 2.14. The topological polar surface area (TPSA) is 47.2 Å². The molecule has 5 nitrogen and oxygen atoms in total. The fraction of sp³-hybridized carbons (Fsp3) is 0.786. The highest BCUT2D eigenvalue weighted by Gasteiger charge is 2.24. The van der Waals surface area contributed by atoms with E-state index in [1.807, 2.05) is 6.33 Å². The predicted molar refractivity (Wildman–Crippen MR) is 76.1 cm³/mol. The van der Waals surface area contributed by atoms with Crippen LogP contribution < -0.4 is 5.32 Å². The van der Waals surface area contributed by atoms with Crippen LogP contribution >= 0.6 is 0 Å². The summed E-state index contributed by atoms with van der Waals surface area (Å²) in [6.07, 6.45) is 2.87. The molecule has 19 heavy (non-hydrogen) atoms. The molecule has 1 aromatic rings. The van der Waals surface area contributed by atoms with Gasteiger partial charge in [0.15, 0.2) is 0 Å². The first-order chi connectivity index (χ1) is 9.22. The summed E-state index contributed by atoms with van der Waals surface area (Å²) in [6.45, 7) is 11.5. The normalized spacial score (nSPS) is 25.7. The number of aromatic nitrogens is 2. The zero-order chi connectivity index (χ0) is 13.2. The van der Waals surface area contributed by atoms with Crippen LogP contribution in [0.15, 0.2) is 6.33 Å². The third-order valence-corrected chi connectivity index (χ3v) is 4.43. The minimum absolute atomic E-state index is 0.557. The Labute approximate surface area is 115 Å². The third kappa shape index (κ3) is 2.99. The van der Waals surface area contributed by atoms with Crippen LogP contribution in [0.5, 0.6) is 0 Å².